The zero-order valence-corrected chi connectivity index (χ0v) is 20.7. The normalized spacial score (nSPS) is 13.5. The number of carbonyl (C=O) groups is 2. The average Bonchev–Trinajstić information content (AvgIpc) is 2.96. The third kappa shape index (κ3) is 4.10. The molecule has 0 atom stereocenters. The maximum Gasteiger partial charge on any atom is 0.337 e. The van der Waals surface area contributed by atoms with E-state index in [0.29, 0.717) is 11.1 Å². The number of carbonyl (C=O) groups excluding carboxylic acids is 2. The minimum absolute atomic E-state index is 0.334. The number of benzene rings is 4. The minimum Gasteiger partial charge on any atom is -0.465 e. The first-order valence-electron chi connectivity index (χ1n) is 12.2. The highest BCUT2D eigenvalue weighted by Gasteiger charge is 2.29. The predicted octanol–water partition coefficient (Wildman–Crippen LogP) is 5.89. The van der Waals surface area contributed by atoms with Crippen molar-refractivity contribution in [1.82, 2.24) is 0 Å². The number of hydrogen-bond donors (Lipinski definition) is 0. The van der Waals surface area contributed by atoms with Gasteiger partial charge in [-0.25, -0.2) is 9.59 Å². The van der Waals surface area contributed by atoms with Crippen LogP contribution in [0.1, 0.15) is 31.8 Å². The molecule has 0 spiro atoms. The summed E-state index contributed by atoms with van der Waals surface area (Å²) in [6.45, 7) is 2.45. The van der Waals surface area contributed by atoms with Gasteiger partial charge in [-0.2, -0.15) is 0 Å². The molecular formula is C31H26N2O4. The Morgan fingerprint density at radius 3 is 1.46 bits per heavy atom. The van der Waals surface area contributed by atoms with E-state index < -0.39 is 0 Å². The Kier molecular flexibility index (Phi) is 5.64. The van der Waals surface area contributed by atoms with Crippen LogP contribution in [0, 0.1) is 0 Å². The summed E-state index contributed by atoms with van der Waals surface area (Å²) < 4.78 is 9.77. The molecule has 0 amide bonds. The average molecular weight is 491 g/mol. The summed E-state index contributed by atoms with van der Waals surface area (Å²) in [5.41, 5.74) is 10.2. The van der Waals surface area contributed by atoms with Gasteiger partial charge in [0.05, 0.1) is 32.0 Å². The van der Waals surface area contributed by atoms with Crippen LogP contribution in [-0.2, 0) is 22.6 Å². The van der Waals surface area contributed by atoms with Crippen molar-refractivity contribution in [2.45, 2.75) is 13.1 Å². The number of esters is 2. The van der Waals surface area contributed by atoms with Crippen molar-refractivity contribution in [3.63, 3.8) is 0 Å². The third-order valence-corrected chi connectivity index (χ3v) is 7.14. The van der Waals surface area contributed by atoms with Crippen LogP contribution >= 0.6 is 0 Å². The second kappa shape index (κ2) is 9.13. The molecule has 4 aromatic rings. The molecule has 0 radical (unpaired) electrons. The number of nitrogens with zero attached hydrogens (tertiary/aromatic N) is 2. The molecule has 0 fully saturated rings. The Hall–Kier alpha value is -4.58. The van der Waals surface area contributed by atoms with Crippen molar-refractivity contribution in [3.8, 4) is 22.3 Å². The van der Waals surface area contributed by atoms with E-state index in [1.165, 1.54) is 36.7 Å². The van der Waals surface area contributed by atoms with Crippen molar-refractivity contribution < 1.29 is 19.1 Å². The van der Waals surface area contributed by atoms with Gasteiger partial charge in [0.1, 0.15) is 0 Å². The zero-order chi connectivity index (χ0) is 25.5. The lowest BCUT2D eigenvalue weighted by Gasteiger charge is -2.45. The first kappa shape index (κ1) is 22.9. The second-order valence-electron chi connectivity index (χ2n) is 9.37. The van der Waals surface area contributed by atoms with Crippen LogP contribution in [0.15, 0.2) is 84.9 Å². The molecule has 37 heavy (non-hydrogen) atoms. The number of fused-ring (bicyclic) bond motifs is 6. The minimum atomic E-state index is -0.334. The molecule has 2 aliphatic heterocycles. The van der Waals surface area contributed by atoms with Crippen LogP contribution in [0.4, 0.5) is 11.4 Å². The van der Waals surface area contributed by atoms with Crippen LogP contribution in [0.2, 0.25) is 0 Å². The van der Waals surface area contributed by atoms with E-state index in [-0.39, 0.29) is 11.9 Å². The summed E-state index contributed by atoms with van der Waals surface area (Å²) in [4.78, 5) is 28.8. The highest BCUT2D eigenvalue weighted by molar-refractivity contribution is 5.92. The maximum atomic E-state index is 12.0. The lowest BCUT2D eigenvalue weighted by molar-refractivity contribution is 0.0592. The van der Waals surface area contributed by atoms with E-state index in [1.54, 1.807) is 12.1 Å². The Balaban J connectivity index is 1.30. The van der Waals surface area contributed by atoms with Gasteiger partial charge < -0.3 is 19.3 Å². The molecule has 6 nitrogen and oxygen atoms in total. The highest BCUT2D eigenvalue weighted by Crippen LogP contribution is 2.40. The molecule has 6 heteroatoms. The van der Waals surface area contributed by atoms with Crippen molar-refractivity contribution in [3.05, 3.63) is 107 Å². The third-order valence-electron chi connectivity index (χ3n) is 7.14. The quantitative estimate of drug-likeness (QED) is 0.333. The summed E-state index contributed by atoms with van der Waals surface area (Å²) in [5.74, 6) is -0.667. The molecule has 2 aliphatic rings. The van der Waals surface area contributed by atoms with Gasteiger partial charge in [-0.15, -0.1) is 0 Å². The summed E-state index contributed by atoms with van der Waals surface area (Å²) in [5, 5.41) is 0. The summed E-state index contributed by atoms with van der Waals surface area (Å²) >= 11 is 0. The number of hydrogen-bond acceptors (Lipinski definition) is 6. The topological polar surface area (TPSA) is 59.1 Å². The Bertz CT molecular complexity index is 1430. The standard InChI is InChI=1S/C31H26N2O4/c1-36-30(34)24-7-3-5-20(13-24)22-9-11-28-26(15-22)17-32-19-33(28)18-27-16-23(10-12-29(27)32)21-6-4-8-25(14-21)31(35)37-2/h3-16H,17-19H2,1-2H3. The molecule has 184 valence electrons. The predicted molar refractivity (Wildman–Crippen MR) is 144 cm³/mol. The van der Waals surface area contributed by atoms with Crippen molar-refractivity contribution in [2.24, 2.45) is 0 Å². The fourth-order valence-electron chi connectivity index (χ4n) is 5.33. The van der Waals surface area contributed by atoms with E-state index in [2.05, 4.69) is 46.2 Å². The molecule has 2 bridgehead atoms. The van der Waals surface area contributed by atoms with E-state index in [1.807, 2.05) is 36.4 Å². The van der Waals surface area contributed by atoms with Gasteiger partial charge in [-0.05, 0) is 81.9 Å². The van der Waals surface area contributed by atoms with Crippen LogP contribution in [-0.4, -0.2) is 32.8 Å². The molecule has 0 unspecified atom stereocenters. The van der Waals surface area contributed by atoms with Crippen molar-refractivity contribution in [2.75, 3.05) is 30.7 Å². The van der Waals surface area contributed by atoms with Gasteiger partial charge in [0.25, 0.3) is 0 Å². The van der Waals surface area contributed by atoms with E-state index in [0.717, 1.165) is 42.0 Å². The number of anilines is 2. The molecule has 4 aromatic carbocycles. The fraction of sp³-hybridized carbons (Fsp3) is 0.161. The second-order valence-corrected chi connectivity index (χ2v) is 9.37. The molecule has 0 N–H and O–H groups in total. The summed E-state index contributed by atoms with van der Waals surface area (Å²) in [6, 6.07) is 28.2. The van der Waals surface area contributed by atoms with Crippen molar-refractivity contribution >= 4 is 23.3 Å². The van der Waals surface area contributed by atoms with E-state index >= 15 is 0 Å². The number of ether oxygens (including phenoxy) is 2. The Labute approximate surface area is 215 Å². The largest absolute Gasteiger partial charge is 0.465 e. The van der Waals surface area contributed by atoms with Gasteiger partial charge in [0.15, 0.2) is 0 Å². The monoisotopic (exact) mass is 490 g/mol. The fourth-order valence-corrected chi connectivity index (χ4v) is 5.33. The van der Waals surface area contributed by atoms with Crippen LogP contribution in [0.25, 0.3) is 22.3 Å². The number of rotatable bonds is 4. The van der Waals surface area contributed by atoms with E-state index in [9.17, 15) is 9.59 Å². The molecule has 6 rings (SSSR count). The smallest absolute Gasteiger partial charge is 0.337 e. The van der Waals surface area contributed by atoms with Crippen molar-refractivity contribution in [1.29, 1.82) is 0 Å². The maximum absolute atomic E-state index is 12.0. The first-order chi connectivity index (χ1) is 18.0. The molecule has 2 heterocycles. The van der Waals surface area contributed by atoms with Gasteiger partial charge in [0, 0.05) is 24.5 Å². The van der Waals surface area contributed by atoms with Gasteiger partial charge in [-0.3, -0.25) is 0 Å². The molecule has 0 aromatic heterocycles. The lowest BCUT2D eigenvalue weighted by Crippen LogP contribution is -2.46. The summed E-state index contributed by atoms with van der Waals surface area (Å²) in [7, 11) is 2.80. The highest BCUT2D eigenvalue weighted by atomic mass is 16.5. The first-order valence-corrected chi connectivity index (χ1v) is 12.2. The molecule has 0 saturated heterocycles. The van der Waals surface area contributed by atoms with Gasteiger partial charge in [0.2, 0.25) is 0 Å². The summed E-state index contributed by atoms with van der Waals surface area (Å²) in [6.07, 6.45) is 0. The molecule has 0 saturated carbocycles. The SMILES string of the molecule is COC(=O)c1cccc(-c2ccc3c(c2)CN2CN3Cc3cc(-c4cccc(C(=O)OC)c4)ccc32)c1. The molecular weight excluding hydrogens is 464 g/mol. The van der Waals surface area contributed by atoms with Crippen LogP contribution in [0.3, 0.4) is 0 Å². The zero-order valence-electron chi connectivity index (χ0n) is 20.7. The van der Waals surface area contributed by atoms with Gasteiger partial charge in [-0.1, -0.05) is 36.4 Å². The Morgan fingerprint density at radius 1 is 0.595 bits per heavy atom. The number of methoxy groups -OCH3 is 2. The molecule has 0 aliphatic carbocycles. The Morgan fingerprint density at radius 2 is 1.03 bits per heavy atom. The van der Waals surface area contributed by atoms with Crippen LogP contribution < -0.4 is 9.80 Å². The van der Waals surface area contributed by atoms with Gasteiger partial charge >= 0.3 is 11.9 Å². The van der Waals surface area contributed by atoms with E-state index in [4.69, 9.17) is 9.47 Å². The van der Waals surface area contributed by atoms with Crippen LogP contribution in [0.5, 0.6) is 0 Å². The lowest BCUT2D eigenvalue weighted by atomic mass is 9.94.